The lowest BCUT2D eigenvalue weighted by Crippen LogP contribution is -2.05. The maximum Gasteiger partial charge on any atom is 0.434 e. The summed E-state index contributed by atoms with van der Waals surface area (Å²) in [6.07, 6.45) is 2.22. The Balaban J connectivity index is 1.98. The first kappa shape index (κ1) is 14.6. The molecule has 0 fully saturated rings. The lowest BCUT2D eigenvalue weighted by Gasteiger charge is -2.00. The van der Waals surface area contributed by atoms with Crippen molar-refractivity contribution in [2.75, 3.05) is 0 Å². The van der Waals surface area contributed by atoms with Crippen LogP contribution < -0.4 is 0 Å². The average molecular weight is 338 g/mol. The molecule has 0 N–H and O–H groups in total. The van der Waals surface area contributed by atoms with Gasteiger partial charge in [-0.3, -0.25) is 0 Å². The molecule has 3 heterocycles. The number of nitrogens with zero attached hydrogens (tertiary/aromatic N) is 4. The molecule has 3 aromatic heterocycles. The van der Waals surface area contributed by atoms with Crippen LogP contribution in [0.25, 0.3) is 21.5 Å². The number of terminal acetylenes is 1. The van der Waals surface area contributed by atoms with Crippen LogP contribution in [0.4, 0.5) is 13.2 Å². The molecule has 3 rings (SSSR count). The Labute approximate surface area is 130 Å². The van der Waals surface area contributed by atoms with E-state index in [4.69, 9.17) is 6.42 Å². The van der Waals surface area contributed by atoms with Gasteiger partial charge >= 0.3 is 6.18 Å². The van der Waals surface area contributed by atoms with Gasteiger partial charge in [0, 0.05) is 17.0 Å². The molecule has 0 unspecified atom stereocenters. The van der Waals surface area contributed by atoms with Crippen molar-refractivity contribution in [3.8, 4) is 33.9 Å². The minimum atomic E-state index is -4.47. The summed E-state index contributed by atoms with van der Waals surface area (Å²) in [7, 11) is 0. The fraction of sp³-hybridized carbons (Fsp3) is 0.0769. The summed E-state index contributed by atoms with van der Waals surface area (Å²) >= 11 is 2.14. The van der Waals surface area contributed by atoms with Gasteiger partial charge in [-0.05, 0) is 12.0 Å². The Morgan fingerprint density at radius 3 is 2.45 bits per heavy atom. The number of aromatic nitrogens is 4. The molecular formula is C13H5F3N4S2. The minimum absolute atomic E-state index is 0.171. The third-order valence-electron chi connectivity index (χ3n) is 2.51. The average Bonchev–Trinajstić information content (AvgIpc) is 3.16. The van der Waals surface area contributed by atoms with E-state index in [0.29, 0.717) is 22.2 Å². The van der Waals surface area contributed by atoms with Crippen LogP contribution in [-0.4, -0.2) is 19.9 Å². The summed E-state index contributed by atoms with van der Waals surface area (Å²) in [4.78, 5) is 16.0. The van der Waals surface area contributed by atoms with E-state index in [1.807, 2.05) is 0 Å². The Morgan fingerprint density at radius 2 is 1.82 bits per heavy atom. The third-order valence-corrected chi connectivity index (χ3v) is 4.22. The molecule has 0 saturated carbocycles. The zero-order chi connectivity index (χ0) is 15.7. The molecule has 0 amide bonds. The van der Waals surface area contributed by atoms with Gasteiger partial charge in [0.1, 0.15) is 16.4 Å². The van der Waals surface area contributed by atoms with Crippen molar-refractivity contribution in [3.63, 3.8) is 0 Å². The summed E-state index contributed by atoms with van der Waals surface area (Å²) in [6.45, 7) is 0. The van der Waals surface area contributed by atoms with E-state index in [1.165, 1.54) is 23.6 Å². The Hall–Kier alpha value is -2.31. The Morgan fingerprint density at radius 1 is 1.05 bits per heavy atom. The number of rotatable bonds is 2. The molecule has 4 nitrogen and oxygen atoms in total. The molecule has 9 heteroatoms. The van der Waals surface area contributed by atoms with E-state index in [2.05, 4.69) is 25.9 Å². The summed E-state index contributed by atoms with van der Waals surface area (Å²) in [6, 6.07) is 1.50. The number of hydrogen-bond acceptors (Lipinski definition) is 6. The van der Waals surface area contributed by atoms with Gasteiger partial charge in [0.15, 0.2) is 16.5 Å². The fourth-order valence-electron chi connectivity index (χ4n) is 1.55. The first-order valence-corrected chi connectivity index (χ1v) is 7.52. The Bertz CT molecular complexity index is 861. The smallest absolute Gasteiger partial charge is 0.234 e. The second-order valence-electron chi connectivity index (χ2n) is 3.98. The third kappa shape index (κ3) is 2.84. The summed E-state index contributed by atoms with van der Waals surface area (Å²) < 4.78 is 37.8. The van der Waals surface area contributed by atoms with Gasteiger partial charge in [0.2, 0.25) is 0 Å². The van der Waals surface area contributed by atoms with Crippen LogP contribution in [0.1, 0.15) is 11.4 Å². The van der Waals surface area contributed by atoms with Crippen molar-refractivity contribution in [3.05, 3.63) is 34.4 Å². The van der Waals surface area contributed by atoms with Crippen molar-refractivity contribution in [2.45, 2.75) is 6.18 Å². The monoisotopic (exact) mass is 338 g/mol. The molecule has 0 radical (unpaired) electrons. The van der Waals surface area contributed by atoms with E-state index >= 15 is 0 Å². The number of alkyl halides is 3. The van der Waals surface area contributed by atoms with E-state index in [-0.39, 0.29) is 5.01 Å². The molecular weight excluding hydrogens is 333 g/mol. The van der Waals surface area contributed by atoms with Crippen LogP contribution in [0.3, 0.4) is 0 Å². The molecule has 22 heavy (non-hydrogen) atoms. The van der Waals surface area contributed by atoms with Gasteiger partial charge in [0.05, 0.1) is 0 Å². The van der Waals surface area contributed by atoms with Gasteiger partial charge in [-0.25, -0.2) is 19.9 Å². The largest absolute Gasteiger partial charge is 0.434 e. The van der Waals surface area contributed by atoms with Crippen LogP contribution >= 0.6 is 22.7 Å². The Kier molecular flexibility index (Phi) is 3.64. The minimum Gasteiger partial charge on any atom is -0.234 e. The SMILES string of the molecule is C#Cc1csc(-c2nccc(-c3nc(C(F)(F)F)cs3)n2)n1. The van der Waals surface area contributed by atoms with Crippen LogP contribution in [0.5, 0.6) is 0 Å². The van der Waals surface area contributed by atoms with Crippen molar-refractivity contribution in [1.29, 1.82) is 0 Å². The first-order valence-electron chi connectivity index (χ1n) is 5.76. The van der Waals surface area contributed by atoms with Gasteiger partial charge in [0.25, 0.3) is 0 Å². The summed E-state index contributed by atoms with van der Waals surface area (Å²) in [5.41, 5.74) is -0.165. The quantitative estimate of drug-likeness (QED) is 0.668. The number of hydrogen-bond donors (Lipinski definition) is 0. The lowest BCUT2D eigenvalue weighted by molar-refractivity contribution is -0.140. The second-order valence-corrected chi connectivity index (χ2v) is 5.70. The molecule has 0 aliphatic rings. The molecule has 0 aromatic carbocycles. The van der Waals surface area contributed by atoms with Crippen LogP contribution in [0.2, 0.25) is 0 Å². The summed E-state index contributed by atoms with van der Waals surface area (Å²) in [5.74, 6) is 2.69. The zero-order valence-electron chi connectivity index (χ0n) is 10.6. The predicted octanol–water partition coefficient (Wildman–Crippen LogP) is 3.72. The topological polar surface area (TPSA) is 51.6 Å². The highest BCUT2D eigenvalue weighted by molar-refractivity contribution is 7.13. The molecule has 0 aliphatic heterocycles. The van der Waals surface area contributed by atoms with Crippen molar-refractivity contribution in [2.24, 2.45) is 0 Å². The highest BCUT2D eigenvalue weighted by Gasteiger charge is 2.34. The maximum atomic E-state index is 12.6. The lowest BCUT2D eigenvalue weighted by atomic mass is 10.4. The summed E-state index contributed by atoms with van der Waals surface area (Å²) in [5, 5.41) is 3.31. The van der Waals surface area contributed by atoms with E-state index < -0.39 is 11.9 Å². The highest BCUT2D eigenvalue weighted by Crippen LogP contribution is 2.33. The van der Waals surface area contributed by atoms with Gasteiger partial charge < -0.3 is 0 Å². The van der Waals surface area contributed by atoms with E-state index in [0.717, 1.165) is 16.7 Å². The fourth-order valence-corrected chi connectivity index (χ4v) is 3.04. The normalized spacial score (nSPS) is 11.4. The standard InChI is InChI=1S/C13H5F3N4S2/c1-2-7-5-21-12(18-7)10-17-4-3-8(19-10)11-20-9(6-22-11)13(14,15)16/h1,3-6H. The molecule has 0 atom stereocenters. The highest BCUT2D eigenvalue weighted by atomic mass is 32.1. The molecule has 0 saturated heterocycles. The van der Waals surface area contributed by atoms with Crippen molar-refractivity contribution in [1.82, 2.24) is 19.9 Å². The van der Waals surface area contributed by atoms with Gasteiger partial charge in [-0.15, -0.1) is 29.1 Å². The van der Waals surface area contributed by atoms with Gasteiger partial charge in [-0.2, -0.15) is 13.2 Å². The van der Waals surface area contributed by atoms with Crippen molar-refractivity contribution < 1.29 is 13.2 Å². The first-order chi connectivity index (χ1) is 10.5. The van der Waals surface area contributed by atoms with E-state index in [1.54, 1.807) is 5.38 Å². The number of halogens is 3. The zero-order valence-corrected chi connectivity index (χ0v) is 12.3. The van der Waals surface area contributed by atoms with Crippen LogP contribution in [0, 0.1) is 12.3 Å². The molecule has 0 spiro atoms. The molecule has 3 aromatic rings. The van der Waals surface area contributed by atoms with Crippen LogP contribution in [0.15, 0.2) is 23.0 Å². The molecule has 0 bridgehead atoms. The van der Waals surface area contributed by atoms with Crippen molar-refractivity contribution >= 4 is 22.7 Å². The predicted molar refractivity (Wildman–Crippen MR) is 77.2 cm³/mol. The second kappa shape index (κ2) is 5.47. The van der Waals surface area contributed by atoms with E-state index in [9.17, 15) is 13.2 Å². The van der Waals surface area contributed by atoms with Crippen LogP contribution in [-0.2, 0) is 6.18 Å². The number of thiazole rings is 2. The maximum absolute atomic E-state index is 12.6. The molecule has 0 aliphatic carbocycles. The molecule has 110 valence electrons. The van der Waals surface area contributed by atoms with Gasteiger partial charge in [-0.1, -0.05) is 0 Å².